The molecule has 5 heteroatoms. The van der Waals surface area contributed by atoms with E-state index in [1.807, 2.05) is 17.5 Å². The van der Waals surface area contributed by atoms with Crippen molar-refractivity contribution in [3.8, 4) is 0 Å². The smallest absolute Gasteiger partial charge is 0.261 e. The summed E-state index contributed by atoms with van der Waals surface area (Å²) in [4.78, 5) is 17.5. The first-order valence-corrected chi connectivity index (χ1v) is 9.25. The second-order valence-corrected chi connectivity index (χ2v) is 7.26. The van der Waals surface area contributed by atoms with Crippen molar-refractivity contribution in [3.05, 3.63) is 22.4 Å². The Labute approximate surface area is 138 Å². The molecule has 2 heterocycles. The molecule has 1 aromatic rings. The lowest BCUT2D eigenvalue weighted by Crippen LogP contribution is -2.42. The van der Waals surface area contributed by atoms with Gasteiger partial charge >= 0.3 is 0 Å². The van der Waals surface area contributed by atoms with E-state index in [0.717, 1.165) is 23.9 Å². The highest BCUT2D eigenvalue weighted by atomic mass is 32.1. The zero-order valence-electron chi connectivity index (χ0n) is 13.9. The minimum atomic E-state index is 0.0680. The van der Waals surface area contributed by atoms with Gasteiger partial charge in [0.25, 0.3) is 5.91 Å². The van der Waals surface area contributed by atoms with E-state index >= 15 is 0 Å². The van der Waals surface area contributed by atoms with Crippen LogP contribution in [-0.4, -0.2) is 62.0 Å². The van der Waals surface area contributed by atoms with Crippen LogP contribution in [0.15, 0.2) is 17.5 Å². The molecule has 1 aromatic heterocycles. The zero-order chi connectivity index (χ0) is 15.8. The van der Waals surface area contributed by atoms with Crippen LogP contribution in [-0.2, 0) is 0 Å². The number of carbonyl (C=O) groups is 1. The first-order valence-electron chi connectivity index (χ1n) is 8.37. The summed E-state index contributed by atoms with van der Waals surface area (Å²) in [7, 11) is 4.47. The Morgan fingerprint density at radius 2 is 2.14 bits per heavy atom. The number of nitrogens with one attached hydrogen (secondary N) is 1. The molecule has 1 amide bonds. The third-order valence-corrected chi connectivity index (χ3v) is 5.40. The molecule has 0 unspecified atom stereocenters. The molecule has 2 rings (SSSR count). The number of carbonyl (C=O) groups excluding carboxylic acids is 1. The summed E-state index contributed by atoms with van der Waals surface area (Å²) in [6.07, 6.45) is 6.06. The van der Waals surface area contributed by atoms with Crippen LogP contribution in [0.2, 0.25) is 0 Å². The van der Waals surface area contributed by atoms with Gasteiger partial charge in [0.05, 0.1) is 4.88 Å². The number of hydrogen-bond donors (Lipinski definition) is 1. The Kier molecular flexibility index (Phi) is 7.36. The summed E-state index contributed by atoms with van der Waals surface area (Å²) in [6, 6.07) is 4.55. The van der Waals surface area contributed by atoms with E-state index in [9.17, 15) is 4.79 Å². The van der Waals surface area contributed by atoms with Crippen LogP contribution in [0.3, 0.4) is 0 Å². The average molecular weight is 324 g/mol. The summed E-state index contributed by atoms with van der Waals surface area (Å²) in [5.41, 5.74) is 0. The average Bonchev–Trinajstić information content (AvgIpc) is 3.05. The fourth-order valence-electron chi connectivity index (χ4n) is 2.98. The molecule has 1 fully saturated rings. The Balaban J connectivity index is 1.49. The Bertz CT molecular complexity index is 427. The Hall–Kier alpha value is -0.910. The topological polar surface area (TPSA) is 35.6 Å². The molecule has 0 radical (unpaired) electrons. The lowest BCUT2D eigenvalue weighted by atomic mass is 10.0. The minimum absolute atomic E-state index is 0.0680. The van der Waals surface area contributed by atoms with E-state index in [0.29, 0.717) is 0 Å². The number of thiophene rings is 1. The van der Waals surface area contributed by atoms with Gasteiger partial charge in [-0.15, -0.1) is 11.3 Å². The molecule has 1 saturated heterocycles. The van der Waals surface area contributed by atoms with Crippen LogP contribution >= 0.6 is 11.3 Å². The molecule has 0 aromatic carbocycles. The number of rotatable bonds is 8. The SMILES string of the molecule is CN1CCC(N(C)CCCCCNC(=O)c2cccs2)CC1. The molecular formula is C17H29N3OS. The van der Waals surface area contributed by atoms with Crippen LogP contribution in [0.1, 0.15) is 41.8 Å². The van der Waals surface area contributed by atoms with Crippen LogP contribution in [0, 0.1) is 0 Å². The Morgan fingerprint density at radius 3 is 2.82 bits per heavy atom. The lowest BCUT2D eigenvalue weighted by molar-refractivity contribution is 0.0956. The van der Waals surface area contributed by atoms with Gasteiger partial charge in [-0.1, -0.05) is 12.5 Å². The van der Waals surface area contributed by atoms with Gasteiger partial charge in [0.1, 0.15) is 0 Å². The second kappa shape index (κ2) is 9.28. The standard InChI is InChI=1S/C17H29N3OS/c1-19-12-8-15(9-13-19)20(2)11-5-3-4-10-18-17(21)16-7-6-14-22-16/h6-7,14-15H,3-5,8-13H2,1-2H3,(H,18,21). The highest BCUT2D eigenvalue weighted by molar-refractivity contribution is 7.12. The van der Waals surface area contributed by atoms with Crippen LogP contribution < -0.4 is 5.32 Å². The van der Waals surface area contributed by atoms with E-state index in [2.05, 4.69) is 29.2 Å². The van der Waals surface area contributed by atoms with Crippen molar-refractivity contribution in [2.75, 3.05) is 40.3 Å². The van der Waals surface area contributed by atoms with Crippen LogP contribution in [0.4, 0.5) is 0 Å². The van der Waals surface area contributed by atoms with Gasteiger partial charge in [-0.25, -0.2) is 0 Å². The molecule has 124 valence electrons. The molecule has 1 N–H and O–H groups in total. The summed E-state index contributed by atoms with van der Waals surface area (Å²) < 4.78 is 0. The third kappa shape index (κ3) is 5.71. The number of unbranched alkanes of at least 4 members (excludes halogenated alkanes) is 2. The van der Waals surface area contributed by atoms with Gasteiger partial charge in [0, 0.05) is 12.6 Å². The largest absolute Gasteiger partial charge is 0.351 e. The van der Waals surface area contributed by atoms with E-state index in [-0.39, 0.29) is 5.91 Å². The fourth-order valence-corrected chi connectivity index (χ4v) is 3.62. The number of nitrogens with zero attached hydrogens (tertiary/aromatic N) is 2. The molecule has 4 nitrogen and oxygen atoms in total. The van der Waals surface area contributed by atoms with E-state index in [1.54, 1.807) is 0 Å². The quantitative estimate of drug-likeness (QED) is 0.747. The normalized spacial score (nSPS) is 17.0. The van der Waals surface area contributed by atoms with E-state index in [1.165, 1.54) is 56.7 Å². The maximum Gasteiger partial charge on any atom is 0.261 e. The van der Waals surface area contributed by atoms with Crippen molar-refractivity contribution in [2.45, 2.75) is 38.1 Å². The molecule has 0 saturated carbocycles. The van der Waals surface area contributed by atoms with Gasteiger partial charge in [0.2, 0.25) is 0 Å². The van der Waals surface area contributed by atoms with Crippen molar-refractivity contribution >= 4 is 17.2 Å². The summed E-state index contributed by atoms with van der Waals surface area (Å²) in [5, 5.41) is 4.93. The van der Waals surface area contributed by atoms with Crippen LogP contribution in [0.5, 0.6) is 0 Å². The third-order valence-electron chi connectivity index (χ3n) is 4.53. The van der Waals surface area contributed by atoms with Gasteiger partial charge in [-0.05, 0) is 70.9 Å². The van der Waals surface area contributed by atoms with Gasteiger partial charge in [-0.2, -0.15) is 0 Å². The van der Waals surface area contributed by atoms with Crippen LogP contribution in [0.25, 0.3) is 0 Å². The molecular weight excluding hydrogens is 294 g/mol. The predicted molar refractivity (Wildman–Crippen MR) is 93.7 cm³/mol. The maximum atomic E-state index is 11.8. The van der Waals surface area contributed by atoms with Crippen molar-refractivity contribution in [1.82, 2.24) is 15.1 Å². The number of likely N-dealkylation sites (tertiary alicyclic amines) is 1. The van der Waals surface area contributed by atoms with Crippen molar-refractivity contribution in [2.24, 2.45) is 0 Å². The number of piperidine rings is 1. The van der Waals surface area contributed by atoms with Crippen molar-refractivity contribution in [1.29, 1.82) is 0 Å². The molecule has 0 aliphatic carbocycles. The molecule has 0 bridgehead atoms. The van der Waals surface area contributed by atoms with Gasteiger partial charge in [-0.3, -0.25) is 4.79 Å². The van der Waals surface area contributed by atoms with Crippen molar-refractivity contribution in [3.63, 3.8) is 0 Å². The predicted octanol–water partition coefficient (Wildman–Crippen LogP) is 2.67. The highest BCUT2D eigenvalue weighted by Crippen LogP contribution is 2.14. The fraction of sp³-hybridized carbons (Fsp3) is 0.706. The lowest BCUT2D eigenvalue weighted by Gasteiger charge is -2.35. The van der Waals surface area contributed by atoms with Gasteiger partial charge in [0.15, 0.2) is 0 Å². The summed E-state index contributed by atoms with van der Waals surface area (Å²) >= 11 is 1.50. The zero-order valence-corrected chi connectivity index (χ0v) is 14.7. The van der Waals surface area contributed by atoms with Crippen molar-refractivity contribution < 1.29 is 4.79 Å². The van der Waals surface area contributed by atoms with E-state index in [4.69, 9.17) is 0 Å². The molecule has 1 aliphatic rings. The number of amides is 1. The molecule has 1 aliphatic heterocycles. The molecule has 0 spiro atoms. The summed E-state index contributed by atoms with van der Waals surface area (Å²) in [5.74, 6) is 0.0680. The monoisotopic (exact) mass is 323 g/mol. The summed E-state index contributed by atoms with van der Waals surface area (Å²) in [6.45, 7) is 4.41. The van der Waals surface area contributed by atoms with E-state index < -0.39 is 0 Å². The number of hydrogen-bond acceptors (Lipinski definition) is 4. The molecule has 0 atom stereocenters. The Morgan fingerprint density at radius 1 is 1.36 bits per heavy atom. The highest BCUT2D eigenvalue weighted by Gasteiger charge is 2.19. The van der Waals surface area contributed by atoms with Gasteiger partial charge < -0.3 is 15.1 Å². The molecule has 22 heavy (non-hydrogen) atoms. The first-order chi connectivity index (χ1) is 10.7. The minimum Gasteiger partial charge on any atom is -0.351 e. The first kappa shape index (κ1) is 17.4. The second-order valence-electron chi connectivity index (χ2n) is 6.31. The maximum absolute atomic E-state index is 11.8.